The van der Waals surface area contributed by atoms with E-state index < -0.39 is 0 Å². The molecule has 0 saturated carbocycles. The van der Waals surface area contributed by atoms with Gasteiger partial charge in [0.2, 0.25) is 0 Å². The lowest BCUT2D eigenvalue weighted by Crippen LogP contribution is -1.70. The van der Waals surface area contributed by atoms with E-state index in [0.29, 0.717) is 9.72 Å². The number of hydrogen-bond acceptors (Lipinski definition) is 1. The average Bonchev–Trinajstić information content (AvgIpc) is 2.32. The monoisotopic (exact) mass is 200 g/mol. The van der Waals surface area contributed by atoms with Crippen LogP contribution in [-0.2, 0) is 0 Å². The standard InChI is InChI=1S/C9H6ClFS/c1-5-8(10)6-3-2-4-7(11)9(6)12-5/h2-4H,1H3. The number of hydrogen-bond donors (Lipinski definition) is 0. The van der Waals surface area contributed by atoms with Crippen molar-refractivity contribution >= 4 is 33.0 Å². The van der Waals surface area contributed by atoms with Gasteiger partial charge in [-0.2, -0.15) is 0 Å². The maximum Gasteiger partial charge on any atom is 0.141 e. The van der Waals surface area contributed by atoms with Crippen molar-refractivity contribution in [3.63, 3.8) is 0 Å². The molecule has 0 unspecified atom stereocenters. The highest BCUT2D eigenvalue weighted by atomic mass is 35.5. The van der Waals surface area contributed by atoms with Crippen molar-refractivity contribution in [3.05, 3.63) is 33.9 Å². The van der Waals surface area contributed by atoms with Crippen LogP contribution in [0.4, 0.5) is 4.39 Å². The van der Waals surface area contributed by atoms with Gasteiger partial charge >= 0.3 is 0 Å². The Morgan fingerprint density at radius 3 is 2.83 bits per heavy atom. The fourth-order valence-electron chi connectivity index (χ4n) is 1.17. The number of benzene rings is 1. The lowest BCUT2D eigenvalue weighted by molar-refractivity contribution is 0.642. The van der Waals surface area contributed by atoms with Crippen LogP contribution in [0.5, 0.6) is 0 Å². The first-order chi connectivity index (χ1) is 5.70. The molecule has 2 aromatic rings. The topological polar surface area (TPSA) is 0 Å². The van der Waals surface area contributed by atoms with Gasteiger partial charge in [-0.25, -0.2) is 4.39 Å². The van der Waals surface area contributed by atoms with Gasteiger partial charge in [0.25, 0.3) is 0 Å². The van der Waals surface area contributed by atoms with Crippen LogP contribution < -0.4 is 0 Å². The summed E-state index contributed by atoms with van der Waals surface area (Å²) in [6, 6.07) is 4.97. The molecule has 0 radical (unpaired) electrons. The van der Waals surface area contributed by atoms with E-state index >= 15 is 0 Å². The minimum atomic E-state index is -0.187. The van der Waals surface area contributed by atoms with Crippen molar-refractivity contribution in [2.24, 2.45) is 0 Å². The largest absolute Gasteiger partial charge is 0.205 e. The predicted molar refractivity (Wildman–Crippen MR) is 51.5 cm³/mol. The minimum absolute atomic E-state index is 0.187. The predicted octanol–water partition coefficient (Wildman–Crippen LogP) is 4.00. The second-order valence-electron chi connectivity index (χ2n) is 2.59. The second kappa shape index (κ2) is 2.71. The zero-order chi connectivity index (χ0) is 8.72. The van der Waals surface area contributed by atoms with Crippen LogP contribution in [0.3, 0.4) is 0 Å². The summed E-state index contributed by atoms with van der Waals surface area (Å²) in [6.45, 7) is 1.90. The number of rotatable bonds is 0. The summed E-state index contributed by atoms with van der Waals surface area (Å²) in [5.74, 6) is -0.187. The summed E-state index contributed by atoms with van der Waals surface area (Å²) >= 11 is 7.36. The van der Waals surface area contributed by atoms with Gasteiger partial charge in [-0.05, 0) is 13.0 Å². The summed E-state index contributed by atoms with van der Waals surface area (Å²) < 4.78 is 13.8. The van der Waals surface area contributed by atoms with E-state index in [1.54, 1.807) is 6.07 Å². The fraction of sp³-hybridized carbons (Fsp3) is 0.111. The van der Waals surface area contributed by atoms with Gasteiger partial charge in [-0.3, -0.25) is 0 Å². The first-order valence-electron chi connectivity index (χ1n) is 3.53. The molecule has 0 spiro atoms. The molecular weight excluding hydrogens is 195 g/mol. The minimum Gasteiger partial charge on any atom is -0.205 e. The quantitative estimate of drug-likeness (QED) is 0.603. The number of fused-ring (bicyclic) bond motifs is 1. The molecule has 1 aromatic carbocycles. The van der Waals surface area contributed by atoms with E-state index in [9.17, 15) is 4.39 Å². The van der Waals surface area contributed by atoms with E-state index in [0.717, 1.165) is 10.3 Å². The van der Waals surface area contributed by atoms with Crippen LogP contribution in [0.2, 0.25) is 5.02 Å². The second-order valence-corrected chi connectivity index (χ2v) is 4.19. The molecule has 0 bridgehead atoms. The van der Waals surface area contributed by atoms with Gasteiger partial charge < -0.3 is 0 Å². The highest BCUT2D eigenvalue weighted by Gasteiger charge is 2.08. The molecule has 0 N–H and O–H groups in total. The Hall–Kier alpha value is -0.600. The van der Waals surface area contributed by atoms with Crippen molar-refractivity contribution < 1.29 is 4.39 Å². The van der Waals surface area contributed by atoms with E-state index in [1.807, 2.05) is 13.0 Å². The van der Waals surface area contributed by atoms with Crippen molar-refractivity contribution in [1.29, 1.82) is 0 Å². The molecule has 0 amide bonds. The number of aryl methyl sites for hydroxylation is 1. The average molecular weight is 201 g/mol. The first kappa shape index (κ1) is 8.02. The highest BCUT2D eigenvalue weighted by Crippen LogP contribution is 2.35. The molecule has 1 aromatic heterocycles. The lowest BCUT2D eigenvalue weighted by atomic mass is 10.2. The molecule has 3 heteroatoms. The summed E-state index contributed by atoms with van der Waals surface area (Å²) in [4.78, 5) is 0.969. The van der Waals surface area contributed by atoms with Gasteiger partial charge in [-0.1, -0.05) is 23.7 Å². The molecular formula is C9H6ClFS. The third-order valence-corrected chi connectivity index (χ3v) is 3.50. The molecule has 0 saturated heterocycles. The molecule has 62 valence electrons. The lowest BCUT2D eigenvalue weighted by Gasteiger charge is -1.89. The maximum absolute atomic E-state index is 13.1. The van der Waals surface area contributed by atoms with Gasteiger partial charge in [0.1, 0.15) is 5.82 Å². The van der Waals surface area contributed by atoms with Crippen LogP contribution in [0, 0.1) is 12.7 Å². The van der Waals surface area contributed by atoms with Crippen LogP contribution in [-0.4, -0.2) is 0 Å². The van der Waals surface area contributed by atoms with Crippen molar-refractivity contribution in [2.75, 3.05) is 0 Å². The highest BCUT2D eigenvalue weighted by molar-refractivity contribution is 7.19. The number of halogens is 2. The molecule has 1 heterocycles. The Morgan fingerprint density at radius 2 is 2.17 bits per heavy atom. The van der Waals surface area contributed by atoms with Crippen LogP contribution in [0.1, 0.15) is 4.88 Å². The van der Waals surface area contributed by atoms with E-state index in [1.165, 1.54) is 17.4 Å². The fourth-order valence-corrected chi connectivity index (χ4v) is 2.45. The summed E-state index contributed by atoms with van der Waals surface area (Å²) in [5.41, 5.74) is 0. The van der Waals surface area contributed by atoms with Crippen LogP contribution >= 0.6 is 22.9 Å². The SMILES string of the molecule is Cc1sc2c(F)cccc2c1Cl. The van der Waals surface area contributed by atoms with Crippen molar-refractivity contribution in [1.82, 2.24) is 0 Å². The maximum atomic E-state index is 13.1. The zero-order valence-electron chi connectivity index (χ0n) is 6.40. The molecule has 0 fully saturated rings. The van der Waals surface area contributed by atoms with Crippen LogP contribution in [0.15, 0.2) is 18.2 Å². The third kappa shape index (κ3) is 1.03. The van der Waals surface area contributed by atoms with Crippen LogP contribution in [0.25, 0.3) is 10.1 Å². The normalized spacial score (nSPS) is 10.9. The van der Waals surface area contributed by atoms with E-state index in [4.69, 9.17) is 11.6 Å². The molecule has 0 aliphatic carbocycles. The Kier molecular flexibility index (Phi) is 1.81. The van der Waals surface area contributed by atoms with Gasteiger partial charge in [0.05, 0.1) is 9.72 Å². The molecule has 2 rings (SSSR count). The molecule has 0 atom stereocenters. The zero-order valence-corrected chi connectivity index (χ0v) is 7.97. The van der Waals surface area contributed by atoms with Gasteiger partial charge in [-0.15, -0.1) is 11.3 Å². The van der Waals surface area contributed by atoms with Gasteiger partial charge in [0, 0.05) is 10.3 Å². The molecule has 0 aliphatic heterocycles. The van der Waals surface area contributed by atoms with E-state index in [-0.39, 0.29) is 5.82 Å². The summed E-state index contributed by atoms with van der Waals surface area (Å²) in [5, 5.41) is 1.49. The Bertz CT molecular complexity index is 433. The smallest absolute Gasteiger partial charge is 0.141 e. The summed E-state index contributed by atoms with van der Waals surface area (Å²) in [7, 11) is 0. The van der Waals surface area contributed by atoms with Crippen molar-refractivity contribution in [2.45, 2.75) is 6.92 Å². The summed E-state index contributed by atoms with van der Waals surface area (Å²) in [6.07, 6.45) is 0. The Labute approximate surface area is 78.6 Å². The first-order valence-corrected chi connectivity index (χ1v) is 4.72. The molecule has 12 heavy (non-hydrogen) atoms. The Morgan fingerprint density at radius 1 is 1.42 bits per heavy atom. The van der Waals surface area contributed by atoms with Gasteiger partial charge in [0.15, 0.2) is 0 Å². The Balaban J connectivity index is 2.95. The van der Waals surface area contributed by atoms with Crippen molar-refractivity contribution in [3.8, 4) is 0 Å². The number of thiophene rings is 1. The molecule has 0 nitrogen and oxygen atoms in total. The third-order valence-electron chi connectivity index (χ3n) is 1.77. The molecule has 0 aliphatic rings. The van der Waals surface area contributed by atoms with E-state index in [2.05, 4.69) is 0 Å².